The van der Waals surface area contributed by atoms with E-state index in [-0.39, 0.29) is 12.2 Å². The van der Waals surface area contributed by atoms with Crippen LogP contribution in [0, 0.1) is 0 Å². The quantitative estimate of drug-likeness (QED) is 0.846. The van der Waals surface area contributed by atoms with Crippen LogP contribution in [0.4, 0.5) is 5.95 Å². The second-order valence-electron chi connectivity index (χ2n) is 6.30. The van der Waals surface area contributed by atoms with Gasteiger partial charge in [-0.05, 0) is 41.0 Å². The van der Waals surface area contributed by atoms with Crippen LogP contribution in [-0.4, -0.2) is 51.4 Å². The molecule has 0 saturated carbocycles. The van der Waals surface area contributed by atoms with Gasteiger partial charge in [0.2, 0.25) is 11.9 Å². The third-order valence-electron chi connectivity index (χ3n) is 4.48. The number of hydrogen-bond acceptors (Lipinski definition) is 6. The molecule has 2 aromatic rings. The normalized spacial score (nSPS) is 20.6. The minimum atomic E-state index is -0.441. The molecule has 0 radical (unpaired) electrons. The molecule has 0 aliphatic carbocycles. The fourth-order valence-corrected chi connectivity index (χ4v) is 3.06. The van der Waals surface area contributed by atoms with Crippen LogP contribution in [0.25, 0.3) is 0 Å². The number of ether oxygens (including phenoxy) is 1. The summed E-state index contributed by atoms with van der Waals surface area (Å²) in [6.45, 7) is 6.27. The Hall–Kier alpha value is -2.48. The lowest BCUT2D eigenvalue weighted by atomic mass is 10.1. The number of rotatable bonds is 6. The SMILES string of the molecule is CCC1CN(c2nnnn2Cc2cccc(C(N)=O)c2)CC(CC)O1. The van der Waals surface area contributed by atoms with Gasteiger partial charge in [-0.25, -0.2) is 4.68 Å². The van der Waals surface area contributed by atoms with E-state index in [0.29, 0.717) is 12.1 Å². The molecule has 1 aliphatic rings. The van der Waals surface area contributed by atoms with Gasteiger partial charge in [0.25, 0.3) is 0 Å². The van der Waals surface area contributed by atoms with E-state index in [2.05, 4.69) is 34.3 Å². The van der Waals surface area contributed by atoms with E-state index in [1.54, 1.807) is 16.8 Å². The summed E-state index contributed by atoms with van der Waals surface area (Å²) >= 11 is 0. The molecule has 0 bridgehead atoms. The fourth-order valence-electron chi connectivity index (χ4n) is 3.06. The van der Waals surface area contributed by atoms with E-state index in [1.807, 2.05) is 12.1 Å². The van der Waals surface area contributed by atoms with Gasteiger partial charge in [0, 0.05) is 18.7 Å². The molecule has 1 aromatic carbocycles. The number of nitrogens with two attached hydrogens (primary N) is 1. The van der Waals surface area contributed by atoms with E-state index in [1.165, 1.54) is 0 Å². The number of primary amides is 1. The second kappa shape index (κ2) is 7.60. The highest BCUT2D eigenvalue weighted by Gasteiger charge is 2.28. The minimum absolute atomic E-state index is 0.182. The molecule has 8 nitrogen and oxygen atoms in total. The second-order valence-corrected chi connectivity index (χ2v) is 6.30. The van der Waals surface area contributed by atoms with Crippen LogP contribution < -0.4 is 10.6 Å². The van der Waals surface area contributed by atoms with E-state index in [0.717, 1.165) is 37.4 Å². The summed E-state index contributed by atoms with van der Waals surface area (Å²) in [6.07, 6.45) is 2.27. The maximum absolute atomic E-state index is 11.4. The van der Waals surface area contributed by atoms with Gasteiger partial charge in [-0.2, -0.15) is 0 Å². The number of aromatic nitrogens is 4. The summed E-state index contributed by atoms with van der Waals surface area (Å²) in [5.74, 6) is 0.285. The van der Waals surface area contributed by atoms with Crippen molar-refractivity contribution < 1.29 is 9.53 Å². The number of nitrogens with zero attached hydrogens (tertiary/aromatic N) is 5. The van der Waals surface area contributed by atoms with Gasteiger partial charge in [0.05, 0.1) is 18.8 Å². The van der Waals surface area contributed by atoms with Crippen LogP contribution >= 0.6 is 0 Å². The number of amides is 1. The van der Waals surface area contributed by atoms with E-state index >= 15 is 0 Å². The molecule has 1 fully saturated rings. The summed E-state index contributed by atoms with van der Waals surface area (Å²) in [6, 6.07) is 7.22. The molecule has 25 heavy (non-hydrogen) atoms. The van der Waals surface area contributed by atoms with Crippen LogP contribution in [0.15, 0.2) is 24.3 Å². The van der Waals surface area contributed by atoms with Gasteiger partial charge in [-0.1, -0.05) is 31.1 Å². The maximum atomic E-state index is 11.4. The molecule has 2 heterocycles. The van der Waals surface area contributed by atoms with Gasteiger partial charge in [-0.15, -0.1) is 0 Å². The molecular weight excluding hydrogens is 320 g/mol. The molecule has 2 unspecified atom stereocenters. The number of benzene rings is 1. The van der Waals surface area contributed by atoms with Crippen molar-refractivity contribution in [3.05, 3.63) is 35.4 Å². The highest BCUT2D eigenvalue weighted by atomic mass is 16.5. The van der Waals surface area contributed by atoms with Crippen molar-refractivity contribution in [1.29, 1.82) is 0 Å². The van der Waals surface area contributed by atoms with Gasteiger partial charge >= 0.3 is 0 Å². The van der Waals surface area contributed by atoms with Crippen LogP contribution in [0.5, 0.6) is 0 Å². The van der Waals surface area contributed by atoms with E-state index in [9.17, 15) is 4.79 Å². The Morgan fingerprint density at radius 2 is 2.00 bits per heavy atom. The number of anilines is 1. The highest BCUT2D eigenvalue weighted by molar-refractivity contribution is 5.92. The number of morpholine rings is 1. The van der Waals surface area contributed by atoms with Crippen molar-refractivity contribution in [1.82, 2.24) is 20.2 Å². The highest BCUT2D eigenvalue weighted by Crippen LogP contribution is 2.21. The number of hydrogen-bond donors (Lipinski definition) is 1. The van der Waals surface area contributed by atoms with Crippen molar-refractivity contribution >= 4 is 11.9 Å². The van der Waals surface area contributed by atoms with Gasteiger partial charge in [-0.3, -0.25) is 4.79 Å². The lowest BCUT2D eigenvalue weighted by molar-refractivity contribution is -0.0292. The molecule has 134 valence electrons. The zero-order valence-corrected chi connectivity index (χ0v) is 14.6. The average molecular weight is 344 g/mol. The number of tetrazole rings is 1. The Morgan fingerprint density at radius 1 is 1.28 bits per heavy atom. The Kier molecular flexibility index (Phi) is 5.28. The monoisotopic (exact) mass is 344 g/mol. The summed E-state index contributed by atoms with van der Waals surface area (Å²) < 4.78 is 7.80. The van der Waals surface area contributed by atoms with Crippen molar-refractivity contribution in [3.63, 3.8) is 0 Å². The van der Waals surface area contributed by atoms with Crippen molar-refractivity contribution in [2.45, 2.75) is 45.4 Å². The summed E-state index contributed by atoms with van der Waals surface area (Å²) in [5.41, 5.74) is 6.77. The van der Waals surface area contributed by atoms with Crippen molar-refractivity contribution in [3.8, 4) is 0 Å². The molecular formula is C17H24N6O2. The van der Waals surface area contributed by atoms with Gasteiger partial charge in [0.15, 0.2) is 0 Å². The van der Waals surface area contributed by atoms with Crippen molar-refractivity contribution in [2.75, 3.05) is 18.0 Å². The first-order valence-electron chi connectivity index (χ1n) is 8.66. The smallest absolute Gasteiger partial charge is 0.248 e. The Labute approximate surface area is 146 Å². The van der Waals surface area contributed by atoms with Crippen LogP contribution in [-0.2, 0) is 11.3 Å². The van der Waals surface area contributed by atoms with Crippen LogP contribution in [0.1, 0.15) is 42.6 Å². The van der Waals surface area contributed by atoms with Gasteiger partial charge < -0.3 is 15.4 Å². The third kappa shape index (κ3) is 3.96. The Balaban J connectivity index is 1.80. The van der Waals surface area contributed by atoms with E-state index < -0.39 is 5.91 Å². The zero-order chi connectivity index (χ0) is 17.8. The predicted molar refractivity (Wildman–Crippen MR) is 93.3 cm³/mol. The average Bonchev–Trinajstić information content (AvgIpc) is 3.09. The van der Waals surface area contributed by atoms with Crippen LogP contribution in [0.3, 0.4) is 0 Å². The maximum Gasteiger partial charge on any atom is 0.248 e. The summed E-state index contributed by atoms with van der Waals surface area (Å²) in [5, 5.41) is 12.2. The van der Waals surface area contributed by atoms with E-state index in [4.69, 9.17) is 10.5 Å². The first kappa shape index (κ1) is 17.3. The molecule has 2 atom stereocenters. The molecule has 1 saturated heterocycles. The first-order valence-corrected chi connectivity index (χ1v) is 8.66. The summed E-state index contributed by atoms with van der Waals surface area (Å²) in [7, 11) is 0. The first-order chi connectivity index (χ1) is 12.1. The predicted octanol–water partition coefficient (Wildman–Crippen LogP) is 1.21. The Morgan fingerprint density at radius 3 is 2.64 bits per heavy atom. The molecule has 2 N–H and O–H groups in total. The molecule has 1 amide bonds. The lowest BCUT2D eigenvalue weighted by Crippen LogP contribution is -2.48. The standard InChI is InChI=1S/C17H24N6O2/c1-3-14-10-22(11-15(4-2)25-14)17-19-20-21-23(17)9-12-6-5-7-13(8-12)16(18)24/h5-8,14-15H,3-4,9-11H2,1-2H3,(H2,18,24). The van der Waals surface area contributed by atoms with Gasteiger partial charge in [0.1, 0.15) is 0 Å². The number of carbonyl (C=O) groups excluding carboxylic acids is 1. The molecule has 1 aliphatic heterocycles. The molecule has 0 spiro atoms. The lowest BCUT2D eigenvalue weighted by Gasteiger charge is -2.37. The molecule has 3 rings (SSSR count). The Bertz CT molecular complexity index is 719. The third-order valence-corrected chi connectivity index (χ3v) is 4.48. The van der Waals surface area contributed by atoms with Crippen LogP contribution in [0.2, 0.25) is 0 Å². The minimum Gasteiger partial charge on any atom is -0.371 e. The van der Waals surface area contributed by atoms with Crippen molar-refractivity contribution in [2.24, 2.45) is 5.73 Å². The summed E-state index contributed by atoms with van der Waals surface area (Å²) in [4.78, 5) is 13.5. The molecule has 8 heteroatoms. The zero-order valence-electron chi connectivity index (χ0n) is 14.6. The fraction of sp³-hybridized carbons (Fsp3) is 0.529. The largest absolute Gasteiger partial charge is 0.371 e. The number of carbonyl (C=O) groups is 1. The topological polar surface area (TPSA) is 99.2 Å². The molecule has 1 aromatic heterocycles.